The maximum absolute atomic E-state index is 12.7. The van der Waals surface area contributed by atoms with E-state index in [9.17, 15) is 40.7 Å². The average Bonchev–Trinajstić information content (AvgIpc) is 2.94. The van der Waals surface area contributed by atoms with Crippen LogP contribution in [0.15, 0.2) is 97.1 Å². The van der Waals surface area contributed by atoms with Gasteiger partial charge < -0.3 is 9.47 Å². The summed E-state index contributed by atoms with van der Waals surface area (Å²) in [6.07, 6.45) is -10.2. The molecule has 0 saturated carbocycles. The maximum Gasteiger partial charge on any atom is 0.519 e. The molecule has 0 heterocycles. The monoisotopic (exact) mass is 586 g/mol. The minimum absolute atomic E-state index is 0.0796. The Morgan fingerprint density at radius 1 is 0.476 bits per heavy atom. The van der Waals surface area contributed by atoms with Gasteiger partial charge in [0.2, 0.25) is 0 Å². The molecule has 5 nitrogen and oxygen atoms in total. The van der Waals surface area contributed by atoms with E-state index in [4.69, 9.17) is 9.47 Å². The van der Waals surface area contributed by atoms with E-state index >= 15 is 0 Å². The zero-order valence-electron chi connectivity index (χ0n) is 21.5. The number of hydrogen-bond acceptors (Lipinski definition) is 5. The number of carbonyl (C=O) groups excluding carboxylic acids is 3. The molecule has 0 bridgehead atoms. The minimum Gasteiger partial charge on any atom is -0.395 e. The highest BCUT2D eigenvalue weighted by Gasteiger charge is 2.31. The molecule has 4 rings (SSSR count). The van der Waals surface area contributed by atoms with Gasteiger partial charge in [-0.3, -0.25) is 9.59 Å². The van der Waals surface area contributed by atoms with Crippen LogP contribution < -0.4 is 9.47 Å². The number of alkyl halides is 6. The van der Waals surface area contributed by atoms with Crippen LogP contribution in [0.1, 0.15) is 43.0 Å². The fourth-order valence-electron chi connectivity index (χ4n) is 3.83. The fraction of sp³-hybridized carbons (Fsp3) is 0.129. The Hall–Kier alpha value is -4.93. The molecular formula is C31H20F6O5. The lowest BCUT2D eigenvalue weighted by Crippen LogP contribution is -2.14. The Morgan fingerprint density at radius 3 is 1.07 bits per heavy atom. The second-order valence-corrected chi connectivity index (χ2v) is 9.09. The van der Waals surface area contributed by atoms with Crippen molar-refractivity contribution in [3.63, 3.8) is 0 Å². The van der Waals surface area contributed by atoms with Gasteiger partial charge in [0.25, 0.3) is 0 Å². The highest BCUT2D eigenvalue weighted by Crippen LogP contribution is 2.30. The van der Waals surface area contributed by atoms with Gasteiger partial charge in [0.05, 0.1) is 11.1 Å². The van der Waals surface area contributed by atoms with Gasteiger partial charge in [0.1, 0.15) is 11.5 Å². The SMILES string of the molecule is O=C(Oc1ccc(CC(=O)c2ccc(C(F)(F)F)cc2)cc1)Oc1ccc(CC(=O)c2ccc(C(F)(F)F)cc2)cc1. The first-order valence-electron chi connectivity index (χ1n) is 12.3. The standard InChI is InChI=1S/C31H20F6O5/c32-30(33,34)23-9-5-21(6-10-23)27(38)17-19-1-13-25(14-2-19)41-29(40)42-26-15-3-20(4-16-26)18-28(39)22-7-11-24(12-8-22)31(35,36)37/h1-16H,17-18H2. The molecule has 0 N–H and O–H groups in total. The fourth-order valence-corrected chi connectivity index (χ4v) is 3.83. The Kier molecular flexibility index (Phi) is 8.79. The molecule has 0 spiro atoms. The van der Waals surface area contributed by atoms with Crippen LogP contribution in [0, 0.1) is 0 Å². The number of rotatable bonds is 8. The van der Waals surface area contributed by atoms with Crippen LogP contribution in [0.3, 0.4) is 0 Å². The Labute approximate surface area is 235 Å². The number of halogens is 6. The number of ether oxygens (including phenoxy) is 2. The van der Waals surface area contributed by atoms with Crippen molar-refractivity contribution in [1.82, 2.24) is 0 Å². The molecule has 11 heteroatoms. The van der Waals surface area contributed by atoms with E-state index in [1.807, 2.05) is 0 Å². The van der Waals surface area contributed by atoms with Crippen LogP contribution in [-0.2, 0) is 25.2 Å². The largest absolute Gasteiger partial charge is 0.519 e. The number of benzene rings is 4. The van der Waals surface area contributed by atoms with Crippen molar-refractivity contribution < 1.29 is 50.2 Å². The summed E-state index contributed by atoms with van der Waals surface area (Å²) in [5.74, 6) is -0.545. The van der Waals surface area contributed by atoms with E-state index in [1.165, 1.54) is 48.5 Å². The first-order chi connectivity index (χ1) is 19.8. The third-order valence-electron chi connectivity index (χ3n) is 6.05. The zero-order chi connectivity index (χ0) is 30.5. The summed E-state index contributed by atoms with van der Waals surface area (Å²) in [7, 11) is 0. The summed E-state index contributed by atoms with van der Waals surface area (Å²) in [5.41, 5.74) is -0.363. The molecule has 0 radical (unpaired) electrons. The third-order valence-corrected chi connectivity index (χ3v) is 6.05. The number of ketones is 2. The Balaban J connectivity index is 1.26. The molecule has 4 aromatic carbocycles. The first kappa shape index (κ1) is 30.0. The average molecular weight is 586 g/mol. The lowest BCUT2D eigenvalue weighted by Gasteiger charge is -2.09. The number of carbonyl (C=O) groups is 3. The lowest BCUT2D eigenvalue weighted by molar-refractivity contribution is -0.138. The molecule has 0 amide bonds. The predicted octanol–water partition coefficient (Wildman–Crippen LogP) is 8.15. The van der Waals surface area contributed by atoms with Gasteiger partial charge in [0, 0.05) is 24.0 Å². The molecule has 0 atom stereocenters. The number of Topliss-reactive ketones (excluding diaryl/α,β-unsaturated/α-hetero) is 2. The van der Waals surface area contributed by atoms with Crippen molar-refractivity contribution >= 4 is 17.7 Å². The van der Waals surface area contributed by atoms with Crippen molar-refractivity contribution in [3.05, 3.63) is 130 Å². The summed E-state index contributed by atoms with van der Waals surface area (Å²) in [6.45, 7) is 0. The number of hydrogen-bond donors (Lipinski definition) is 0. The predicted molar refractivity (Wildman–Crippen MR) is 138 cm³/mol. The summed E-state index contributed by atoms with van der Waals surface area (Å²) >= 11 is 0. The summed E-state index contributed by atoms with van der Waals surface area (Å²) in [6, 6.07) is 19.6. The van der Waals surface area contributed by atoms with Crippen LogP contribution in [0.5, 0.6) is 11.5 Å². The van der Waals surface area contributed by atoms with Gasteiger partial charge in [0.15, 0.2) is 11.6 Å². The van der Waals surface area contributed by atoms with Gasteiger partial charge in [-0.15, -0.1) is 0 Å². The second kappa shape index (κ2) is 12.3. The highest BCUT2D eigenvalue weighted by molar-refractivity contribution is 5.98. The van der Waals surface area contributed by atoms with Gasteiger partial charge in [-0.1, -0.05) is 48.5 Å². The second-order valence-electron chi connectivity index (χ2n) is 9.09. The molecule has 0 aliphatic carbocycles. The molecule has 42 heavy (non-hydrogen) atoms. The van der Waals surface area contributed by atoms with Gasteiger partial charge in [-0.05, 0) is 59.7 Å². The molecular weight excluding hydrogens is 566 g/mol. The maximum atomic E-state index is 12.7. The zero-order valence-corrected chi connectivity index (χ0v) is 21.5. The minimum atomic E-state index is -4.50. The van der Waals surface area contributed by atoms with Crippen molar-refractivity contribution in [2.45, 2.75) is 25.2 Å². The molecule has 0 fully saturated rings. The Morgan fingerprint density at radius 2 is 0.786 bits per heavy atom. The van der Waals surface area contributed by atoms with Gasteiger partial charge >= 0.3 is 18.5 Å². The molecule has 216 valence electrons. The third kappa shape index (κ3) is 8.06. The molecule has 0 aliphatic rings. The van der Waals surface area contributed by atoms with Crippen LogP contribution >= 0.6 is 0 Å². The van der Waals surface area contributed by atoms with Crippen molar-refractivity contribution in [1.29, 1.82) is 0 Å². The van der Waals surface area contributed by atoms with E-state index in [0.29, 0.717) is 11.1 Å². The van der Waals surface area contributed by atoms with Crippen LogP contribution in [0.25, 0.3) is 0 Å². The van der Waals surface area contributed by atoms with E-state index in [1.54, 1.807) is 0 Å². The van der Waals surface area contributed by atoms with Crippen LogP contribution in [-0.4, -0.2) is 17.7 Å². The van der Waals surface area contributed by atoms with Crippen molar-refractivity contribution in [2.24, 2.45) is 0 Å². The van der Waals surface area contributed by atoms with E-state index in [2.05, 4.69) is 0 Å². The first-order valence-corrected chi connectivity index (χ1v) is 12.3. The topological polar surface area (TPSA) is 69.7 Å². The quantitative estimate of drug-likeness (QED) is 0.0902. The van der Waals surface area contributed by atoms with E-state index in [0.717, 1.165) is 48.5 Å². The van der Waals surface area contributed by atoms with E-state index < -0.39 is 29.6 Å². The van der Waals surface area contributed by atoms with E-state index in [-0.39, 0.29) is 47.0 Å². The summed E-state index contributed by atoms with van der Waals surface area (Å²) in [4.78, 5) is 37.0. The molecule has 0 unspecified atom stereocenters. The molecule has 4 aromatic rings. The normalized spacial score (nSPS) is 11.6. The van der Waals surface area contributed by atoms with Gasteiger partial charge in [-0.25, -0.2) is 4.79 Å². The Bertz CT molecular complexity index is 1440. The summed E-state index contributed by atoms with van der Waals surface area (Å²) in [5, 5.41) is 0. The smallest absolute Gasteiger partial charge is 0.395 e. The molecule has 0 aliphatic heterocycles. The molecule has 0 aromatic heterocycles. The lowest BCUT2D eigenvalue weighted by atomic mass is 10.0. The van der Waals surface area contributed by atoms with Crippen molar-refractivity contribution in [3.8, 4) is 11.5 Å². The van der Waals surface area contributed by atoms with Crippen molar-refractivity contribution in [2.75, 3.05) is 0 Å². The van der Waals surface area contributed by atoms with Crippen LogP contribution in [0.4, 0.5) is 31.1 Å². The summed E-state index contributed by atoms with van der Waals surface area (Å²) < 4.78 is 86.4. The van der Waals surface area contributed by atoms with Crippen LogP contribution in [0.2, 0.25) is 0 Å². The molecule has 0 saturated heterocycles. The highest BCUT2D eigenvalue weighted by atomic mass is 19.4. The van der Waals surface area contributed by atoms with Gasteiger partial charge in [-0.2, -0.15) is 26.3 Å².